The highest BCUT2D eigenvalue weighted by molar-refractivity contribution is 6.16. The van der Waals surface area contributed by atoms with Crippen LogP contribution < -0.4 is 4.74 Å². The van der Waals surface area contributed by atoms with E-state index < -0.39 is 0 Å². The third-order valence-corrected chi connectivity index (χ3v) is 5.84. The summed E-state index contributed by atoms with van der Waals surface area (Å²) >= 11 is 0. The Kier molecular flexibility index (Phi) is 5.59. The zero-order valence-electron chi connectivity index (χ0n) is 17.7. The van der Waals surface area contributed by atoms with Crippen LogP contribution in [0, 0.1) is 11.3 Å². The number of hydrogen-bond acceptors (Lipinski definition) is 5. The fourth-order valence-electron chi connectivity index (χ4n) is 4.20. The highest BCUT2D eigenvalue weighted by Gasteiger charge is 2.17. The molecule has 32 heavy (non-hydrogen) atoms. The summed E-state index contributed by atoms with van der Waals surface area (Å²) in [5.74, 6) is 0.530. The number of ketones is 1. The SMILES string of the molecule is N#Cc1cc(C(=O)c2cccc(OCCN3CCOCC3)c2)c2c(ccc3cccn32)c1. The van der Waals surface area contributed by atoms with E-state index in [9.17, 15) is 10.1 Å². The van der Waals surface area contributed by atoms with Crippen molar-refractivity contribution in [2.45, 2.75) is 0 Å². The van der Waals surface area contributed by atoms with Gasteiger partial charge in [0.15, 0.2) is 5.78 Å². The molecule has 1 aliphatic heterocycles. The maximum absolute atomic E-state index is 13.6. The number of pyridine rings is 1. The van der Waals surface area contributed by atoms with Crippen molar-refractivity contribution in [1.29, 1.82) is 5.26 Å². The van der Waals surface area contributed by atoms with E-state index in [2.05, 4.69) is 11.0 Å². The number of aromatic nitrogens is 1. The summed E-state index contributed by atoms with van der Waals surface area (Å²) in [6.07, 6.45) is 1.94. The van der Waals surface area contributed by atoms with Gasteiger partial charge in [-0.3, -0.25) is 9.69 Å². The number of fused-ring (bicyclic) bond motifs is 3. The zero-order chi connectivity index (χ0) is 21.9. The first kappa shape index (κ1) is 20.3. The molecule has 0 radical (unpaired) electrons. The zero-order valence-corrected chi connectivity index (χ0v) is 17.7. The first-order chi connectivity index (χ1) is 15.7. The van der Waals surface area contributed by atoms with Gasteiger partial charge in [0, 0.05) is 47.9 Å². The number of rotatable bonds is 6. The van der Waals surface area contributed by atoms with Gasteiger partial charge < -0.3 is 13.9 Å². The number of nitriles is 1. The van der Waals surface area contributed by atoms with Gasteiger partial charge in [-0.25, -0.2) is 0 Å². The molecule has 0 N–H and O–H groups in total. The molecule has 3 heterocycles. The van der Waals surface area contributed by atoms with Gasteiger partial charge in [-0.05, 0) is 42.5 Å². The molecule has 0 atom stereocenters. The van der Waals surface area contributed by atoms with Crippen LogP contribution in [0.1, 0.15) is 21.5 Å². The van der Waals surface area contributed by atoms with Crippen LogP contribution in [0.2, 0.25) is 0 Å². The van der Waals surface area contributed by atoms with Crippen LogP contribution in [0.5, 0.6) is 5.75 Å². The molecular weight excluding hydrogens is 402 g/mol. The molecule has 5 rings (SSSR count). The van der Waals surface area contributed by atoms with Crippen LogP contribution in [0.25, 0.3) is 16.4 Å². The predicted molar refractivity (Wildman–Crippen MR) is 122 cm³/mol. The van der Waals surface area contributed by atoms with Gasteiger partial charge in [0.1, 0.15) is 12.4 Å². The van der Waals surface area contributed by atoms with Crippen LogP contribution in [0.15, 0.2) is 66.9 Å². The number of carbonyl (C=O) groups is 1. The van der Waals surface area contributed by atoms with Gasteiger partial charge in [-0.2, -0.15) is 5.26 Å². The standard InChI is InChI=1S/C26H23N3O3/c27-18-19-15-20-6-7-22-4-2-8-29(22)25(20)24(16-19)26(30)21-3-1-5-23(17-21)32-14-11-28-9-12-31-13-10-28/h1-8,15-17H,9-14H2. The molecule has 0 amide bonds. The number of benzene rings is 2. The minimum Gasteiger partial charge on any atom is -0.492 e. The van der Waals surface area contributed by atoms with Crippen LogP contribution in [0.3, 0.4) is 0 Å². The van der Waals surface area contributed by atoms with Gasteiger partial charge in [0.05, 0.1) is 30.4 Å². The second kappa shape index (κ2) is 8.83. The van der Waals surface area contributed by atoms with E-state index in [1.165, 1.54) is 0 Å². The van der Waals surface area contributed by atoms with Crippen LogP contribution in [0.4, 0.5) is 0 Å². The molecular formula is C26H23N3O3. The third-order valence-electron chi connectivity index (χ3n) is 5.84. The molecule has 6 nitrogen and oxygen atoms in total. The van der Waals surface area contributed by atoms with Crippen molar-refractivity contribution in [1.82, 2.24) is 9.30 Å². The largest absolute Gasteiger partial charge is 0.492 e. The molecule has 0 aliphatic carbocycles. The Morgan fingerprint density at radius 3 is 2.78 bits per heavy atom. The van der Waals surface area contributed by atoms with Crippen molar-refractivity contribution < 1.29 is 14.3 Å². The van der Waals surface area contributed by atoms with Crippen molar-refractivity contribution in [3.8, 4) is 11.8 Å². The van der Waals surface area contributed by atoms with Crippen molar-refractivity contribution in [2.24, 2.45) is 0 Å². The van der Waals surface area contributed by atoms with E-state index in [0.717, 1.165) is 49.3 Å². The number of nitrogens with zero attached hydrogens (tertiary/aromatic N) is 3. The fraction of sp³-hybridized carbons (Fsp3) is 0.231. The summed E-state index contributed by atoms with van der Waals surface area (Å²) < 4.78 is 13.3. The summed E-state index contributed by atoms with van der Waals surface area (Å²) in [5.41, 5.74) is 3.30. The van der Waals surface area contributed by atoms with Crippen molar-refractivity contribution in [3.05, 3.63) is 83.6 Å². The molecule has 160 valence electrons. The molecule has 1 aliphatic rings. The van der Waals surface area contributed by atoms with E-state index in [4.69, 9.17) is 9.47 Å². The third kappa shape index (κ3) is 3.96. The number of ether oxygens (including phenoxy) is 2. The molecule has 2 aromatic carbocycles. The minimum absolute atomic E-state index is 0.132. The van der Waals surface area contributed by atoms with E-state index in [1.807, 2.05) is 53.1 Å². The summed E-state index contributed by atoms with van der Waals surface area (Å²) in [6, 6.07) is 20.8. The summed E-state index contributed by atoms with van der Waals surface area (Å²) in [5, 5.41) is 10.4. The van der Waals surface area contributed by atoms with Gasteiger partial charge in [-0.15, -0.1) is 0 Å². The van der Waals surface area contributed by atoms with Crippen LogP contribution >= 0.6 is 0 Å². The second-order valence-electron chi connectivity index (χ2n) is 7.87. The molecule has 1 saturated heterocycles. The topological polar surface area (TPSA) is 67.0 Å². The molecule has 0 bridgehead atoms. The lowest BCUT2D eigenvalue weighted by molar-refractivity contribution is 0.0322. The van der Waals surface area contributed by atoms with Crippen LogP contribution in [-0.2, 0) is 4.74 Å². The quantitative estimate of drug-likeness (QED) is 0.438. The monoisotopic (exact) mass is 425 g/mol. The lowest BCUT2D eigenvalue weighted by Gasteiger charge is -2.26. The molecule has 0 unspecified atom stereocenters. The first-order valence-corrected chi connectivity index (χ1v) is 10.7. The van der Waals surface area contributed by atoms with E-state index >= 15 is 0 Å². The van der Waals surface area contributed by atoms with Crippen LogP contribution in [-0.4, -0.2) is 54.5 Å². The maximum Gasteiger partial charge on any atom is 0.195 e. The molecule has 2 aromatic heterocycles. The maximum atomic E-state index is 13.6. The van der Waals surface area contributed by atoms with E-state index in [0.29, 0.717) is 29.0 Å². The lowest BCUT2D eigenvalue weighted by atomic mass is 9.97. The molecule has 0 spiro atoms. The number of morpholine rings is 1. The van der Waals surface area contributed by atoms with Gasteiger partial charge in [0.2, 0.25) is 0 Å². The average Bonchev–Trinajstić information content (AvgIpc) is 3.33. The smallest absolute Gasteiger partial charge is 0.195 e. The predicted octanol–water partition coefficient (Wildman–Crippen LogP) is 3.91. The number of carbonyl (C=O) groups excluding carboxylic acids is 1. The number of hydrogen-bond donors (Lipinski definition) is 0. The molecule has 4 aromatic rings. The summed E-state index contributed by atoms with van der Waals surface area (Å²) in [7, 11) is 0. The normalized spacial score (nSPS) is 14.5. The van der Waals surface area contributed by atoms with Crippen molar-refractivity contribution in [2.75, 3.05) is 39.5 Å². The minimum atomic E-state index is -0.132. The molecule has 6 heteroatoms. The Bertz CT molecular complexity index is 1330. The fourth-order valence-corrected chi connectivity index (χ4v) is 4.20. The first-order valence-electron chi connectivity index (χ1n) is 10.7. The highest BCUT2D eigenvalue weighted by Crippen LogP contribution is 2.26. The Morgan fingerprint density at radius 1 is 1.06 bits per heavy atom. The lowest BCUT2D eigenvalue weighted by Crippen LogP contribution is -2.38. The van der Waals surface area contributed by atoms with Crippen molar-refractivity contribution in [3.63, 3.8) is 0 Å². The summed E-state index contributed by atoms with van der Waals surface area (Å²) in [4.78, 5) is 15.9. The molecule has 1 fully saturated rings. The summed E-state index contributed by atoms with van der Waals surface area (Å²) in [6.45, 7) is 4.72. The van der Waals surface area contributed by atoms with Gasteiger partial charge >= 0.3 is 0 Å². The Balaban J connectivity index is 1.44. The Hall–Kier alpha value is -3.66. The second-order valence-corrected chi connectivity index (χ2v) is 7.87. The van der Waals surface area contributed by atoms with E-state index in [1.54, 1.807) is 18.2 Å². The molecule has 0 saturated carbocycles. The Labute approximate surface area is 186 Å². The van der Waals surface area contributed by atoms with Gasteiger partial charge in [0.25, 0.3) is 0 Å². The average molecular weight is 425 g/mol. The van der Waals surface area contributed by atoms with Crippen molar-refractivity contribution >= 4 is 22.2 Å². The van der Waals surface area contributed by atoms with E-state index in [-0.39, 0.29) is 5.78 Å². The van der Waals surface area contributed by atoms with Gasteiger partial charge in [-0.1, -0.05) is 18.2 Å². The highest BCUT2D eigenvalue weighted by atomic mass is 16.5. The Morgan fingerprint density at radius 2 is 1.94 bits per heavy atom.